The molecule has 1 aromatic carbocycles. The number of rotatable bonds is 5. The summed E-state index contributed by atoms with van der Waals surface area (Å²) in [6.07, 6.45) is 0. The number of esters is 1. The van der Waals surface area contributed by atoms with E-state index in [4.69, 9.17) is 14.2 Å². The van der Waals surface area contributed by atoms with E-state index in [1.165, 1.54) is 0 Å². The number of hydrogen-bond acceptors (Lipinski definition) is 5. The predicted molar refractivity (Wildman–Crippen MR) is 89.6 cm³/mol. The number of aryl methyl sites for hydroxylation is 1. The number of nitrogens with zero attached hydrogens (tertiary/aromatic N) is 1. The highest BCUT2D eigenvalue weighted by Crippen LogP contribution is 2.34. The van der Waals surface area contributed by atoms with Crippen LogP contribution in [-0.2, 0) is 16.6 Å². The zero-order valence-corrected chi connectivity index (χ0v) is 14.4. The monoisotopic (exact) mass is 344 g/mol. The summed E-state index contributed by atoms with van der Waals surface area (Å²) in [6, 6.07) is 8.72. The molecule has 7 nitrogen and oxygen atoms in total. The molecule has 2 aromatic rings. The molecule has 0 saturated carbocycles. The zero-order valence-electron chi connectivity index (χ0n) is 14.4. The van der Waals surface area contributed by atoms with Gasteiger partial charge in [0.2, 0.25) is 6.79 Å². The van der Waals surface area contributed by atoms with Gasteiger partial charge in [-0.25, -0.2) is 4.79 Å². The SMILES string of the molecule is Cc1ccc(C(=O)OCC(=O)N[C@@H](C)c2ccc3c(c2)OCO3)n1C. The molecule has 1 N–H and O–H groups in total. The van der Waals surface area contributed by atoms with Gasteiger partial charge in [-0.3, -0.25) is 4.79 Å². The Labute approximate surface area is 145 Å². The fraction of sp³-hybridized carbons (Fsp3) is 0.333. The second kappa shape index (κ2) is 6.88. The van der Waals surface area contributed by atoms with Gasteiger partial charge < -0.3 is 24.1 Å². The lowest BCUT2D eigenvalue weighted by Crippen LogP contribution is -2.31. The molecule has 0 bridgehead atoms. The smallest absolute Gasteiger partial charge is 0.355 e. The minimum atomic E-state index is -0.526. The number of carbonyl (C=O) groups excluding carboxylic acids is 2. The van der Waals surface area contributed by atoms with Crippen LogP contribution in [0, 0.1) is 6.92 Å². The summed E-state index contributed by atoms with van der Waals surface area (Å²) >= 11 is 0. The van der Waals surface area contributed by atoms with Gasteiger partial charge >= 0.3 is 5.97 Å². The summed E-state index contributed by atoms with van der Waals surface area (Å²) < 4.78 is 17.4. The van der Waals surface area contributed by atoms with Crippen molar-refractivity contribution in [2.75, 3.05) is 13.4 Å². The molecule has 132 valence electrons. The van der Waals surface area contributed by atoms with Crippen molar-refractivity contribution in [3.05, 3.63) is 47.3 Å². The van der Waals surface area contributed by atoms with Gasteiger partial charge in [0.25, 0.3) is 5.91 Å². The summed E-state index contributed by atoms with van der Waals surface area (Å²) in [6.45, 7) is 3.60. The van der Waals surface area contributed by atoms with Crippen LogP contribution in [0.15, 0.2) is 30.3 Å². The van der Waals surface area contributed by atoms with Gasteiger partial charge in [0.1, 0.15) is 5.69 Å². The Bertz CT molecular complexity index is 812. The van der Waals surface area contributed by atoms with E-state index in [0.29, 0.717) is 17.2 Å². The highest BCUT2D eigenvalue weighted by Gasteiger charge is 2.18. The van der Waals surface area contributed by atoms with E-state index in [2.05, 4.69) is 5.32 Å². The number of hydrogen-bond donors (Lipinski definition) is 1. The first-order chi connectivity index (χ1) is 12.0. The van der Waals surface area contributed by atoms with Gasteiger partial charge in [-0.15, -0.1) is 0 Å². The maximum Gasteiger partial charge on any atom is 0.355 e. The fourth-order valence-corrected chi connectivity index (χ4v) is 2.57. The Morgan fingerprint density at radius 2 is 2.00 bits per heavy atom. The molecule has 2 heterocycles. The first kappa shape index (κ1) is 16.9. The molecule has 3 rings (SSSR count). The second-order valence-electron chi connectivity index (χ2n) is 5.90. The molecule has 1 aliphatic heterocycles. The lowest BCUT2D eigenvalue weighted by molar-refractivity contribution is -0.124. The molecule has 25 heavy (non-hydrogen) atoms. The quantitative estimate of drug-likeness (QED) is 0.841. The van der Waals surface area contributed by atoms with Crippen LogP contribution in [0.5, 0.6) is 11.5 Å². The standard InChI is InChI=1S/C18H20N2O5/c1-11-4-6-14(20(11)3)18(22)23-9-17(21)19-12(2)13-5-7-15-16(8-13)25-10-24-15/h4-8,12H,9-10H2,1-3H3,(H,19,21)/t12-/m0/s1. The van der Waals surface area contributed by atoms with Gasteiger partial charge in [-0.1, -0.05) is 6.07 Å². The van der Waals surface area contributed by atoms with Crippen LogP contribution < -0.4 is 14.8 Å². The Morgan fingerprint density at radius 1 is 1.24 bits per heavy atom. The highest BCUT2D eigenvalue weighted by molar-refractivity contribution is 5.90. The molecule has 0 fully saturated rings. The number of amides is 1. The molecule has 0 radical (unpaired) electrons. The first-order valence-electron chi connectivity index (χ1n) is 7.94. The lowest BCUT2D eigenvalue weighted by Gasteiger charge is -2.15. The normalized spacial score (nSPS) is 13.4. The van der Waals surface area contributed by atoms with Crippen molar-refractivity contribution in [2.24, 2.45) is 7.05 Å². The van der Waals surface area contributed by atoms with E-state index in [1.54, 1.807) is 23.7 Å². The summed E-state index contributed by atoms with van der Waals surface area (Å²) in [5, 5.41) is 2.79. The fourth-order valence-electron chi connectivity index (χ4n) is 2.57. The first-order valence-corrected chi connectivity index (χ1v) is 7.94. The number of benzene rings is 1. The van der Waals surface area contributed by atoms with Gasteiger partial charge in [0.15, 0.2) is 18.1 Å². The van der Waals surface area contributed by atoms with Crippen LogP contribution in [0.2, 0.25) is 0 Å². The molecular formula is C18H20N2O5. The average molecular weight is 344 g/mol. The number of fused-ring (bicyclic) bond motifs is 1. The Balaban J connectivity index is 1.53. The van der Waals surface area contributed by atoms with Crippen LogP contribution in [0.1, 0.15) is 34.7 Å². The molecular weight excluding hydrogens is 324 g/mol. The van der Waals surface area contributed by atoms with E-state index in [0.717, 1.165) is 11.3 Å². The van der Waals surface area contributed by atoms with Crippen LogP contribution in [0.25, 0.3) is 0 Å². The van der Waals surface area contributed by atoms with Crippen molar-refractivity contribution < 1.29 is 23.8 Å². The molecule has 0 unspecified atom stereocenters. The van der Waals surface area contributed by atoms with Crippen LogP contribution in [0.4, 0.5) is 0 Å². The third-order valence-electron chi connectivity index (χ3n) is 4.19. The van der Waals surface area contributed by atoms with E-state index >= 15 is 0 Å². The number of aromatic nitrogens is 1. The van der Waals surface area contributed by atoms with Crippen molar-refractivity contribution in [3.63, 3.8) is 0 Å². The van der Waals surface area contributed by atoms with Crippen molar-refractivity contribution in [3.8, 4) is 11.5 Å². The molecule has 0 aliphatic carbocycles. The Morgan fingerprint density at radius 3 is 2.72 bits per heavy atom. The van der Waals surface area contributed by atoms with Crippen molar-refractivity contribution in [1.29, 1.82) is 0 Å². The van der Waals surface area contributed by atoms with Crippen molar-refractivity contribution >= 4 is 11.9 Å². The summed E-state index contributed by atoms with van der Waals surface area (Å²) in [4.78, 5) is 24.0. The molecule has 1 aromatic heterocycles. The largest absolute Gasteiger partial charge is 0.454 e. The number of nitrogens with one attached hydrogen (secondary N) is 1. The topological polar surface area (TPSA) is 78.8 Å². The van der Waals surface area contributed by atoms with Crippen LogP contribution in [-0.4, -0.2) is 29.8 Å². The highest BCUT2D eigenvalue weighted by atomic mass is 16.7. The summed E-state index contributed by atoms with van der Waals surface area (Å²) in [5.74, 6) is 0.448. The second-order valence-corrected chi connectivity index (χ2v) is 5.90. The summed E-state index contributed by atoms with van der Waals surface area (Å²) in [5.41, 5.74) is 2.23. The van der Waals surface area contributed by atoms with Gasteiger partial charge in [-0.05, 0) is 43.7 Å². The molecule has 0 spiro atoms. The molecule has 1 aliphatic rings. The van der Waals surface area contributed by atoms with Crippen LogP contribution in [0.3, 0.4) is 0 Å². The molecule has 0 saturated heterocycles. The third kappa shape index (κ3) is 3.60. The maximum atomic E-state index is 12.0. The molecule has 1 amide bonds. The van der Waals surface area contributed by atoms with Gasteiger partial charge in [0.05, 0.1) is 6.04 Å². The van der Waals surface area contributed by atoms with E-state index in [-0.39, 0.29) is 25.3 Å². The predicted octanol–water partition coefficient (Wildman–Crippen LogP) is 2.10. The minimum Gasteiger partial charge on any atom is -0.454 e. The third-order valence-corrected chi connectivity index (χ3v) is 4.19. The van der Waals surface area contributed by atoms with Crippen molar-refractivity contribution in [2.45, 2.75) is 19.9 Å². The number of ether oxygens (including phenoxy) is 3. The zero-order chi connectivity index (χ0) is 18.0. The van der Waals surface area contributed by atoms with Crippen molar-refractivity contribution in [1.82, 2.24) is 9.88 Å². The van der Waals surface area contributed by atoms with E-state index in [1.807, 2.05) is 32.0 Å². The van der Waals surface area contributed by atoms with Crippen LogP contribution >= 0.6 is 0 Å². The van der Waals surface area contributed by atoms with Gasteiger partial charge in [0, 0.05) is 12.7 Å². The Hall–Kier alpha value is -2.96. The minimum absolute atomic E-state index is 0.202. The van der Waals surface area contributed by atoms with E-state index < -0.39 is 5.97 Å². The lowest BCUT2D eigenvalue weighted by atomic mass is 10.1. The maximum absolute atomic E-state index is 12.0. The molecule has 1 atom stereocenters. The average Bonchev–Trinajstić information content (AvgIpc) is 3.19. The number of carbonyl (C=O) groups is 2. The molecule has 7 heteroatoms. The Kier molecular flexibility index (Phi) is 4.65. The van der Waals surface area contributed by atoms with Gasteiger partial charge in [-0.2, -0.15) is 0 Å². The summed E-state index contributed by atoms with van der Waals surface area (Å²) in [7, 11) is 1.77. The van der Waals surface area contributed by atoms with E-state index in [9.17, 15) is 9.59 Å².